The molecule has 0 spiro atoms. The van der Waals surface area contributed by atoms with Gasteiger partial charge in [0.15, 0.2) is 0 Å². The molecule has 2 fully saturated rings. The van der Waals surface area contributed by atoms with Gasteiger partial charge in [-0.25, -0.2) is 0 Å². The average molecular weight is 323 g/mol. The van der Waals surface area contributed by atoms with E-state index in [1.165, 1.54) is 37.7 Å². The molecule has 1 aromatic carbocycles. The lowest BCUT2D eigenvalue weighted by Gasteiger charge is -2.25. The summed E-state index contributed by atoms with van der Waals surface area (Å²) in [6.07, 6.45) is 8.08. The molecule has 2 saturated carbocycles. The zero-order chi connectivity index (χ0) is 13.2. The van der Waals surface area contributed by atoms with Crippen LogP contribution in [0.15, 0.2) is 28.7 Å². The summed E-state index contributed by atoms with van der Waals surface area (Å²) in [7, 11) is 0. The van der Waals surface area contributed by atoms with E-state index in [4.69, 9.17) is 0 Å². The van der Waals surface area contributed by atoms with Crippen molar-refractivity contribution in [1.82, 2.24) is 0 Å². The minimum atomic E-state index is 0.337. The lowest BCUT2D eigenvalue weighted by molar-refractivity contribution is 0.178. The maximum atomic E-state index is 9.66. The van der Waals surface area contributed by atoms with Gasteiger partial charge in [0.25, 0.3) is 0 Å². The van der Waals surface area contributed by atoms with Gasteiger partial charge in [-0.05, 0) is 73.5 Å². The number of rotatable bonds is 5. The van der Waals surface area contributed by atoms with Crippen molar-refractivity contribution in [3.8, 4) is 0 Å². The minimum Gasteiger partial charge on any atom is -0.396 e. The summed E-state index contributed by atoms with van der Waals surface area (Å²) in [5.41, 5.74) is 1.35. The van der Waals surface area contributed by atoms with Crippen LogP contribution in [0.4, 0.5) is 0 Å². The second kappa shape index (κ2) is 5.97. The Balaban J connectivity index is 1.57. The van der Waals surface area contributed by atoms with E-state index in [2.05, 4.69) is 40.2 Å². The molecule has 19 heavy (non-hydrogen) atoms. The van der Waals surface area contributed by atoms with Crippen molar-refractivity contribution in [3.63, 3.8) is 0 Å². The van der Waals surface area contributed by atoms with Gasteiger partial charge in [-0.2, -0.15) is 0 Å². The topological polar surface area (TPSA) is 20.2 Å². The Morgan fingerprint density at radius 2 is 1.95 bits per heavy atom. The van der Waals surface area contributed by atoms with Crippen LogP contribution in [0.25, 0.3) is 0 Å². The van der Waals surface area contributed by atoms with Crippen molar-refractivity contribution >= 4 is 15.9 Å². The van der Waals surface area contributed by atoms with Crippen molar-refractivity contribution in [3.05, 3.63) is 34.3 Å². The van der Waals surface area contributed by atoms with Gasteiger partial charge in [-0.3, -0.25) is 0 Å². The van der Waals surface area contributed by atoms with Crippen molar-refractivity contribution in [2.45, 2.75) is 38.5 Å². The number of benzene rings is 1. The highest BCUT2D eigenvalue weighted by Crippen LogP contribution is 2.50. The summed E-state index contributed by atoms with van der Waals surface area (Å²) in [6.45, 7) is 0.337. The summed E-state index contributed by atoms with van der Waals surface area (Å²) < 4.78 is 1.13. The monoisotopic (exact) mass is 322 g/mol. The first-order chi connectivity index (χ1) is 9.24. The van der Waals surface area contributed by atoms with Gasteiger partial charge in [-0.1, -0.05) is 34.5 Å². The van der Waals surface area contributed by atoms with E-state index in [0.29, 0.717) is 12.5 Å². The molecule has 2 aliphatic carbocycles. The van der Waals surface area contributed by atoms with Crippen LogP contribution in [0.1, 0.15) is 37.7 Å². The zero-order valence-corrected chi connectivity index (χ0v) is 13.0. The number of halogens is 1. The molecular formula is C17H23BrO. The van der Waals surface area contributed by atoms with Crippen LogP contribution in [-0.2, 0) is 6.42 Å². The largest absolute Gasteiger partial charge is 0.396 e. The van der Waals surface area contributed by atoms with Crippen LogP contribution < -0.4 is 0 Å². The van der Waals surface area contributed by atoms with E-state index >= 15 is 0 Å². The molecule has 0 aromatic heterocycles. The summed E-state index contributed by atoms with van der Waals surface area (Å²) in [4.78, 5) is 0. The van der Waals surface area contributed by atoms with Gasteiger partial charge >= 0.3 is 0 Å². The predicted molar refractivity (Wildman–Crippen MR) is 82.0 cm³/mol. The molecule has 1 nitrogen and oxygen atoms in total. The van der Waals surface area contributed by atoms with Gasteiger partial charge in [0.2, 0.25) is 0 Å². The molecule has 4 atom stereocenters. The molecule has 0 amide bonds. The lowest BCUT2D eigenvalue weighted by Crippen LogP contribution is -2.19. The molecule has 0 radical (unpaired) electrons. The molecule has 3 rings (SSSR count). The Labute approximate surface area is 124 Å². The van der Waals surface area contributed by atoms with Gasteiger partial charge in [0.1, 0.15) is 0 Å². The molecule has 1 N–H and O–H groups in total. The second-order valence-corrected chi connectivity index (χ2v) is 7.47. The Bertz CT molecular complexity index is 414. The Kier molecular flexibility index (Phi) is 4.28. The van der Waals surface area contributed by atoms with Crippen LogP contribution in [0.5, 0.6) is 0 Å². The van der Waals surface area contributed by atoms with E-state index in [9.17, 15) is 5.11 Å². The third-order valence-corrected chi connectivity index (χ3v) is 5.75. The van der Waals surface area contributed by atoms with Gasteiger partial charge in [0.05, 0.1) is 0 Å². The fourth-order valence-corrected chi connectivity index (χ4v) is 4.53. The molecule has 2 heteroatoms. The fourth-order valence-electron chi connectivity index (χ4n) is 4.27. The summed E-state index contributed by atoms with van der Waals surface area (Å²) in [6, 6.07) is 8.55. The van der Waals surface area contributed by atoms with E-state index in [1.807, 2.05) is 0 Å². The highest BCUT2D eigenvalue weighted by atomic mass is 79.9. The molecule has 0 aliphatic heterocycles. The van der Waals surface area contributed by atoms with E-state index < -0.39 is 0 Å². The smallest absolute Gasteiger partial charge is 0.0462 e. The SMILES string of the molecule is OCC(Cc1ccc(Br)cc1)CC1CC2CCC1C2. The number of aliphatic hydroxyl groups is 1. The first-order valence-corrected chi connectivity index (χ1v) is 8.39. The second-order valence-electron chi connectivity index (χ2n) is 6.55. The Morgan fingerprint density at radius 3 is 2.53 bits per heavy atom. The quantitative estimate of drug-likeness (QED) is 0.850. The van der Waals surface area contributed by atoms with E-state index in [0.717, 1.165) is 28.6 Å². The van der Waals surface area contributed by atoms with E-state index in [1.54, 1.807) is 0 Å². The zero-order valence-electron chi connectivity index (χ0n) is 11.4. The molecule has 2 aliphatic rings. The highest BCUT2D eigenvalue weighted by molar-refractivity contribution is 9.10. The van der Waals surface area contributed by atoms with E-state index in [-0.39, 0.29) is 0 Å². The van der Waals surface area contributed by atoms with Crippen LogP contribution in [0.2, 0.25) is 0 Å². The lowest BCUT2D eigenvalue weighted by atomic mass is 9.81. The maximum absolute atomic E-state index is 9.66. The summed E-state index contributed by atoms with van der Waals surface area (Å²) in [5, 5.41) is 9.66. The number of hydrogen-bond acceptors (Lipinski definition) is 1. The molecule has 2 bridgehead atoms. The number of fused-ring (bicyclic) bond motifs is 2. The van der Waals surface area contributed by atoms with Crippen molar-refractivity contribution in [1.29, 1.82) is 0 Å². The van der Waals surface area contributed by atoms with Crippen LogP contribution in [0, 0.1) is 23.7 Å². The van der Waals surface area contributed by atoms with Crippen molar-refractivity contribution in [2.75, 3.05) is 6.61 Å². The molecule has 1 aromatic rings. The van der Waals surface area contributed by atoms with Crippen molar-refractivity contribution < 1.29 is 5.11 Å². The summed E-state index contributed by atoms with van der Waals surface area (Å²) >= 11 is 3.47. The fraction of sp³-hybridized carbons (Fsp3) is 0.647. The van der Waals surface area contributed by atoms with Crippen molar-refractivity contribution in [2.24, 2.45) is 23.7 Å². The van der Waals surface area contributed by atoms with Gasteiger partial charge in [0, 0.05) is 11.1 Å². The normalized spacial score (nSPS) is 30.7. The standard InChI is InChI=1S/C17H23BrO/c18-17-5-2-12(3-6-17)7-14(11-19)10-16-9-13-1-4-15(16)8-13/h2-3,5-6,13-16,19H,1,4,7-11H2. The highest BCUT2D eigenvalue weighted by Gasteiger charge is 2.39. The third-order valence-electron chi connectivity index (χ3n) is 5.22. The van der Waals surface area contributed by atoms with Gasteiger partial charge < -0.3 is 5.11 Å². The van der Waals surface area contributed by atoms with Crippen LogP contribution >= 0.6 is 15.9 Å². The molecular weight excluding hydrogens is 300 g/mol. The molecule has 4 unspecified atom stereocenters. The van der Waals surface area contributed by atoms with Gasteiger partial charge in [-0.15, -0.1) is 0 Å². The average Bonchev–Trinajstić information content (AvgIpc) is 3.03. The van der Waals surface area contributed by atoms with Crippen LogP contribution in [-0.4, -0.2) is 11.7 Å². The Morgan fingerprint density at radius 1 is 1.16 bits per heavy atom. The number of hydrogen-bond donors (Lipinski definition) is 1. The third kappa shape index (κ3) is 3.22. The first-order valence-electron chi connectivity index (χ1n) is 7.60. The maximum Gasteiger partial charge on any atom is 0.0462 e. The Hall–Kier alpha value is -0.340. The minimum absolute atomic E-state index is 0.337. The first kappa shape index (κ1) is 13.6. The predicted octanol–water partition coefficient (Wildman–Crippen LogP) is 4.43. The molecule has 0 saturated heterocycles. The molecule has 104 valence electrons. The van der Waals surface area contributed by atoms with Crippen LogP contribution in [0.3, 0.4) is 0 Å². The number of aliphatic hydroxyl groups excluding tert-OH is 1. The summed E-state index contributed by atoms with van der Waals surface area (Å²) in [5.74, 6) is 3.34. The molecule has 0 heterocycles.